The first-order valence-corrected chi connectivity index (χ1v) is 13.0. The second kappa shape index (κ2) is 12.9. The van der Waals surface area contributed by atoms with Crippen molar-refractivity contribution < 1.29 is 33.3 Å². The van der Waals surface area contributed by atoms with Crippen LogP contribution in [0, 0.1) is 0 Å². The Bertz CT molecular complexity index is 1410. The minimum atomic E-state index is -1.03. The van der Waals surface area contributed by atoms with Crippen molar-refractivity contribution >= 4 is 17.9 Å². The van der Waals surface area contributed by atoms with Gasteiger partial charge in [-0.1, -0.05) is 84.9 Å². The molecule has 0 N–H and O–H groups in total. The molecule has 0 spiro atoms. The number of carbonyl (C=O) groups is 3. The Labute approximate surface area is 232 Å². The first kappa shape index (κ1) is 26.8. The lowest BCUT2D eigenvalue weighted by Crippen LogP contribution is -2.42. The molecule has 1 aliphatic rings. The Balaban J connectivity index is 1.43. The second-order valence-corrected chi connectivity index (χ2v) is 9.34. The number of rotatable bonds is 9. The highest BCUT2D eigenvalue weighted by atomic mass is 16.6. The van der Waals surface area contributed by atoms with Crippen molar-refractivity contribution in [2.24, 2.45) is 0 Å². The minimum Gasteiger partial charge on any atom is -0.459 e. The molecular weight excluding hydrogens is 508 g/mol. The lowest BCUT2D eigenvalue weighted by molar-refractivity contribution is -0.0448. The normalized spacial score (nSPS) is 19.9. The topological polar surface area (TPSA) is 88.1 Å². The van der Waals surface area contributed by atoms with Gasteiger partial charge in [0, 0.05) is 6.42 Å². The van der Waals surface area contributed by atoms with Crippen LogP contribution in [-0.4, -0.2) is 48.9 Å². The highest BCUT2D eigenvalue weighted by molar-refractivity contribution is 5.91. The van der Waals surface area contributed by atoms with Crippen LogP contribution in [0.4, 0.5) is 0 Å². The van der Waals surface area contributed by atoms with Crippen LogP contribution in [0.2, 0.25) is 0 Å². The van der Waals surface area contributed by atoms with Gasteiger partial charge in [0.05, 0.1) is 16.7 Å². The van der Waals surface area contributed by atoms with E-state index in [-0.39, 0.29) is 6.61 Å². The maximum atomic E-state index is 13.2. The van der Waals surface area contributed by atoms with E-state index < -0.39 is 42.3 Å². The fraction of sp³-hybridized carbons (Fsp3) is 0.182. The summed E-state index contributed by atoms with van der Waals surface area (Å²) in [5.41, 5.74) is 2.02. The molecule has 0 aliphatic carbocycles. The van der Waals surface area contributed by atoms with Crippen LogP contribution < -0.4 is 0 Å². The van der Waals surface area contributed by atoms with Gasteiger partial charge in [0.25, 0.3) is 0 Å². The van der Waals surface area contributed by atoms with E-state index in [2.05, 4.69) is 0 Å². The number of ether oxygens (including phenoxy) is 4. The maximum absolute atomic E-state index is 13.2. The van der Waals surface area contributed by atoms with Crippen LogP contribution in [0.15, 0.2) is 121 Å². The van der Waals surface area contributed by atoms with Crippen molar-refractivity contribution in [3.63, 3.8) is 0 Å². The van der Waals surface area contributed by atoms with Gasteiger partial charge < -0.3 is 18.9 Å². The summed E-state index contributed by atoms with van der Waals surface area (Å²) in [5.74, 6) is -1.72. The van der Waals surface area contributed by atoms with Crippen molar-refractivity contribution in [2.75, 3.05) is 6.61 Å². The van der Waals surface area contributed by atoms with E-state index in [1.807, 2.05) is 30.3 Å². The highest BCUT2D eigenvalue weighted by Crippen LogP contribution is 2.31. The molecule has 1 heterocycles. The Morgan fingerprint density at radius 3 is 1.40 bits per heavy atom. The molecule has 4 aromatic carbocycles. The lowest BCUT2D eigenvalue weighted by Gasteiger charge is -2.24. The summed E-state index contributed by atoms with van der Waals surface area (Å²) in [7, 11) is 0. The van der Waals surface area contributed by atoms with E-state index in [1.54, 1.807) is 91.0 Å². The fourth-order valence-corrected chi connectivity index (χ4v) is 4.58. The minimum absolute atomic E-state index is 0.203. The molecule has 0 radical (unpaired) electrons. The smallest absolute Gasteiger partial charge is 0.338 e. The average Bonchev–Trinajstić information content (AvgIpc) is 3.32. The summed E-state index contributed by atoms with van der Waals surface area (Å²) in [5, 5.41) is 0. The molecule has 0 amide bonds. The molecule has 0 aromatic heterocycles. The van der Waals surface area contributed by atoms with Crippen LogP contribution in [0.1, 0.15) is 36.6 Å². The zero-order valence-corrected chi connectivity index (χ0v) is 21.6. The monoisotopic (exact) mass is 536 g/mol. The number of carbonyl (C=O) groups excluding carboxylic acids is 3. The molecule has 1 aliphatic heterocycles. The van der Waals surface area contributed by atoms with E-state index in [9.17, 15) is 14.4 Å². The van der Waals surface area contributed by atoms with E-state index >= 15 is 0 Å². The summed E-state index contributed by atoms with van der Waals surface area (Å²) >= 11 is 0. The summed E-state index contributed by atoms with van der Waals surface area (Å²) < 4.78 is 23.8. The van der Waals surface area contributed by atoms with Gasteiger partial charge in [-0.2, -0.15) is 0 Å². The molecule has 202 valence electrons. The van der Waals surface area contributed by atoms with E-state index in [0.717, 1.165) is 5.56 Å². The average molecular weight is 537 g/mol. The molecule has 7 heteroatoms. The van der Waals surface area contributed by atoms with Gasteiger partial charge in [-0.3, -0.25) is 0 Å². The summed E-state index contributed by atoms with van der Waals surface area (Å²) in [6.07, 6.45) is -3.14. The molecular formula is C33H28O7. The highest BCUT2D eigenvalue weighted by Gasteiger charge is 2.50. The third kappa shape index (κ3) is 6.62. The fourth-order valence-electron chi connectivity index (χ4n) is 4.58. The third-order valence-electron chi connectivity index (χ3n) is 6.58. The van der Waals surface area contributed by atoms with Gasteiger partial charge in [-0.25, -0.2) is 14.4 Å². The zero-order chi connectivity index (χ0) is 27.7. The van der Waals surface area contributed by atoms with Gasteiger partial charge in [0.15, 0.2) is 12.2 Å². The summed E-state index contributed by atoms with van der Waals surface area (Å²) in [4.78, 5) is 39.0. The molecule has 5 rings (SSSR count). The van der Waals surface area contributed by atoms with Crippen LogP contribution in [0.5, 0.6) is 0 Å². The number of hydrogen-bond acceptors (Lipinski definition) is 7. The van der Waals surface area contributed by atoms with Gasteiger partial charge in [-0.05, 0) is 42.0 Å². The summed E-state index contributed by atoms with van der Waals surface area (Å²) in [6, 6.07) is 35.2. The van der Waals surface area contributed by atoms with E-state index in [4.69, 9.17) is 18.9 Å². The molecule has 4 atom stereocenters. The Kier molecular flexibility index (Phi) is 8.63. The standard InChI is InChI=1S/C33H28O7/c34-31(24-15-7-2-8-16-24)37-22-28-30(40-33(36)26-19-11-4-12-20-26)29(39-32(35)25-17-9-3-10-18-25)27(38-28)21-23-13-5-1-6-14-23/h1-20,27-30H,21-22H2/t27?,28-,29+,30-/m1/s1. The van der Waals surface area contributed by atoms with Crippen LogP contribution in [-0.2, 0) is 25.4 Å². The molecule has 1 saturated heterocycles. The predicted molar refractivity (Wildman–Crippen MR) is 147 cm³/mol. The molecule has 0 saturated carbocycles. The van der Waals surface area contributed by atoms with Gasteiger partial charge in [0.1, 0.15) is 18.8 Å². The number of benzene rings is 4. The molecule has 0 bridgehead atoms. The van der Waals surface area contributed by atoms with Gasteiger partial charge in [-0.15, -0.1) is 0 Å². The number of hydrogen-bond donors (Lipinski definition) is 0. The Morgan fingerprint density at radius 1 is 0.525 bits per heavy atom. The second-order valence-electron chi connectivity index (χ2n) is 9.34. The largest absolute Gasteiger partial charge is 0.459 e. The molecule has 7 nitrogen and oxygen atoms in total. The first-order valence-electron chi connectivity index (χ1n) is 13.0. The molecule has 40 heavy (non-hydrogen) atoms. The summed E-state index contributed by atoms with van der Waals surface area (Å²) in [6.45, 7) is -0.203. The predicted octanol–water partition coefficient (Wildman–Crippen LogP) is 5.30. The molecule has 1 unspecified atom stereocenters. The van der Waals surface area contributed by atoms with E-state index in [0.29, 0.717) is 23.1 Å². The van der Waals surface area contributed by atoms with Crippen molar-refractivity contribution in [1.29, 1.82) is 0 Å². The van der Waals surface area contributed by atoms with Crippen LogP contribution in [0.3, 0.4) is 0 Å². The van der Waals surface area contributed by atoms with E-state index in [1.165, 1.54) is 0 Å². The zero-order valence-electron chi connectivity index (χ0n) is 21.6. The van der Waals surface area contributed by atoms with Crippen molar-refractivity contribution in [3.05, 3.63) is 144 Å². The quantitative estimate of drug-likeness (QED) is 0.212. The Hall–Kier alpha value is -4.75. The molecule has 4 aromatic rings. The van der Waals surface area contributed by atoms with Gasteiger partial charge >= 0.3 is 17.9 Å². The number of esters is 3. The first-order chi connectivity index (χ1) is 19.6. The van der Waals surface area contributed by atoms with Crippen molar-refractivity contribution in [2.45, 2.75) is 30.8 Å². The third-order valence-corrected chi connectivity index (χ3v) is 6.58. The molecule has 1 fully saturated rings. The SMILES string of the molecule is O=C(OC[C@H]1OC(Cc2ccccc2)[C@H](OC(=O)c2ccccc2)[C@@H]1OC(=O)c1ccccc1)c1ccccc1. The Morgan fingerprint density at radius 2 is 0.925 bits per heavy atom. The van der Waals surface area contributed by atoms with Crippen molar-refractivity contribution in [1.82, 2.24) is 0 Å². The van der Waals surface area contributed by atoms with Crippen molar-refractivity contribution in [3.8, 4) is 0 Å². The van der Waals surface area contributed by atoms with Gasteiger partial charge in [0.2, 0.25) is 0 Å². The lowest BCUT2D eigenvalue weighted by atomic mass is 10.0. The maximum Gasteiger partial charge on any atom is 0.338 e. The van der Waals surface area contributed by atoms with Crippen LogP contribution >= 0.6 is 0 Å². The van der Waals surface area contributed by atoms with Crippen LogP contribution in [0.25, 0.3) is 0 Å².